The number of halogens is 2. The first-order chi connectivity index (χ1) is 5.09. The van der Waals surface area contributed by atoms with Gasteiger partial charge in [-0.25, -0.2) is 8.78 Å². The van der Waals surface area contributed by atoms with E-state index in [9.17, 15) is 13.6 Å². The molecular formula is C6H10F2N2O. The summed E-state index contributed by atoms with van der Waals surface area (Å²) in [6, 6.07) is -0.263. The Morgan fingerprint density at radius 2 is 2.36 bits per heavy atom. The highest BCUT2D eigenvalue weighted by Crippen LogP contribution is 2.10. The third kappa shape index (κ3) is 2.11. The van der Waals surface area contributed by atoms with Crippen molar-refractivity contribution in [1.82, 2.24) is 4.90 Å². The van der Waals surface area contributed by atoms with E-state index in [0.29, 0.717) is 0 Å². The lowest BCUT2D eigenvalue weighted by molar-refractivity contribution is -0.129. The van der Waals surface area contributed by atoms with Crippen molar-refractivity contribution in [3.05, 3.63) is 0 Å². The molecule has 5 heteroatoms. The standard InChI is InChI=1S/C6H10F2N2O/c7-5(8)3-10-2-4(9)1-6(10)11/h4-5H,1-3,9H2. The molecule has 1 saturated heterocycles. The summed E-state index contributed by atoms with van der Waals surface area (Å²) in [5, 5.41) is 0. The van der Waals surface area contributed by atoms with E-state index >= 15 is 0 Å². The molecule has 0 saturated carbocycles. The second kappa shape index (κ2) is 3.13. The van der Waals surface area contributed by atoms with Gasteiger partial charge in [0.1, 0.15) is 0 Å². The first-order valence-corrected chi connectivity index (χ1v) is 3.41. The van der Waals surface area contributed by atoms with Crippen molar-refractivity contribution in [3.8, 4) is 0 Å². The summed E-state index contributed by atoms with van der Waals surface area (Å²) in [6.07, 6.45) is -2.25. The summed E-state index contributed by atoms with van der Waals surface area (Å²) in [5.41, 5.74) is 5.38. The second-order valence-electron chi connectivity index (χ2n) is 2.65. The Morgan fingerprint density at radius 3 is 2.73 bits per heavy atom. The summed E-state index contributed by atoms with van der Waals surface area (Å²) >= 11 is 0. The van der Waals surface area contributed by atoms with Crippen molar-refractivity contribution in [2.24, 2.45) is 5.73 Å². The zero-order chi connectivity index (χ0) is 8.43. The van der Waals surface area contributed by atoms with Gasteiger partial charge < -0.3 is 10.6 Å². The van der Waals surface area contributed by atoms with Crippen LogP contribution < -0.4 is 5.73 Å². The molecule has 1 aliphatic heterocycles. The van der Waals surface area contributed by atoms with E-state index in [1.165, 1.54) is 0 Å². The van der Waals surface area contributed by atoms with E-state index in [4.69, 9.17) is 5.73 Å². The van der Waals surface area contributed by atoms with Crippen LogP contribution in [0.15, 0.2) is 0 Å². The van der Waals surface area contributed by atoms with Crippen molar-refractivity contribution >= 4 is 5.91 Å². The minimum atomic E-state index is -2.45. The number of hydrogen-bond donors (Lipinski definition) is 1. The van der Waals surface area contributed by atoms with Gasteiger partial charge in [-0.1, -0.05) is 0 Å². The van der Waals surface area contributed by atoms with Crippen LogP contribution in [-0.2, 0) is 4.79 Å². The molecule has 1 unspecified atom stereocenters. The Bertz CT molecular complexity index is 163. The van der Waals surface area contributed by atoms with Gasteiger partial charge in [0.05, 0.1) is 6.54 Å². The minimum absolute atomic E-state index is 0.201. The molecule has 0 bridgehead atoms. The number of carbonyl (C=O) groups is 1. The van der Waals surface area contributed by atoms with Crippen LogP contribution >= 0.6 is 0 Å². The van der Waals surface area contributed by atoms with Crippen LogP contribution in [-0.4, -0.2) is 36.4 Å². The largest absolute Gasteiger partial charge is 0.335 e. The van der Waals surface area contributed by atoms with E-state index in [1.807, 2.05) is 0 Å². The van der Waals surface area contributed by atoms with E-state index in [1.54, 1.807) is 0 Å². The highest BCUT2D eigenvalue weighted by molar-refractivity contribution is 5.79. The molecule has 0 aliphatic carbocycles. The first kappa shape index (κ1) is 8.39. The molecule has 11 heavy (non-hydrogen) atoms. The summed E-state index contributed by atoms with van der Waals surface area (Å²) in [6.45, 7) is -0.213. The molecule has 64 valence electrons. The third-order valence-electron chi connectivity index (χ3n) is 1.60. The molecule has 1 atom stereocenters. The Hall–Kier alpha value is -0.710. The molecule has 0 aromatic rings. The second-order valence-corrected chi connectivity index (χ2v) is 2.65. The van der Waals surface area contributed by atoms with Gasteiger partial charge in [0.25, 0.3) is 6.43 Å². The van der Waals surface area contributed by atoms with Crippen molar-refractivity contribution in [2.45, 2.75) is 18.9 Å². The maximum Gasteiger partial charge on any atom is 0.255 e. The number of likely N-dealkylation sites (tertiary alicyclic amines) is 1. The fourth-order valence-electron chi connectivity index (χ4n) is 1.15. The molecule has 3 nitrogen and oxygen atoms in total. The maximum absolute atomic E-state index is 11.8. The van der Waals surface area contributed by atoms with E-state index < -0.39 is 13.0 Å². The molecule has 1 rings (SSSR count). The zero-order valence-corrected chi connectivity index (χ0v) is 5.96. The molecule has 1 aliphatic rings. The fourth-order valence-corrected chi connectivity index (χ4v) is 1.15. The van der Waals surface area contributed by atoms with Gasteiger partial charge in [-0.15, -0.1) is 0 Å². The molecule has 0 aromatic heterocycles. The highest BCUT2D eigenvalue weighted by Gasteiger charge is 2.28. The fraction of sp³-hybridized carbons (Fsp3) is 0.833. The molecule has 2 N–H and O–H groups in total. The van der Waals surface area contributed by atoms with Gasteiger partial charge in [0.2, 0.25) is 5.91 Å². The predicted molar refractivity (Wildman–Crippen MR) is 35.2 cm³/mol. The Balaban J connectivity index is 2.41. The van der Waals surface area contributed by atoms with Crippen molar-refractivity contribution in [3.63, 3.8) is 0 Å². The lowest BCUT2D eigenvalue weighted by atomic mass is 10.3. The monoisotopic (exact) mass is 164 g/mol. The molecule has 1 amide bonds. The molecule has 1 heterocycles. The Morgan fingerprint density at radius 1 is 1.73 bits per heavy atom. The topological polar surface area (TPSA) is 46.3 Å². The Labute approximate surface area is 63.2 Å². The number of amides is 1. The van der Waals surface area contributed by atoms with Gasteiger partial charge in [0, 0.05) is 19.0 Å². The van der Waals surface area contributed by atoms with E-state index in [2.05, 4.69) is 0 Å². The number of rotatable bonds is 2. The summed E-state index contributed by atoms with van der Waals surface area (Å²) < 4.78 is 23.5. The van der Waals surface area contributed by atoms with E-state index in [-0.39, 0.29) is 24.9 Å². The summed E-state index contributed by atoms with van der Waals surface area (Å²) in [4.78, 5) is 11.9. The lowest BCUT2D eigenvalue weighted by Gasteiger charge is -2.14. The normalized spacial score (nSPS) is 25.3. The SMILES string of the molecule is NC1CC(=O)N(CC(F)F)C1. The van der Waals surface area contributed by atoms with Gasteiger partial charge >= 0.3 is 0 Å². The number of hydrogen-bond acceptors (Lipinski definition) is 2. The third-order valence-corrected chi connectivity index (χ3v) is 1.60. The van der Waals surface area contributed by atoms with Crippen LogP contribution in [0.4, 0.5) is 8.78 Å². The van der Waals surface area contributed by atoms with Gasteiger partial charge in [-0.2, -0.15) is 0 Å². The van der Waals surface area contributed by atoms with Crippen LogP contribution in [0.2, 0.25) is 0 Å². The summed E-state index contributed by atoms with van der Waals surface area (Å²) in [5.74, 6) is -0.266. The van der Waals surface area contributed by atoms with E-state index in [0.717, 1.165) is 4.90 Å². The maximum atomic E-state index is 11.8. The van der Waals surface area contributed by atoms with Crippen LogP contribution in [0, 0.1) is 0 Å². The number of carbonyl (C=O) groups excluding carboxylic acids is 1. The van der Waals surface area contributed by atoms with Gasteiger partial charge in [-0.05, 0) is 0 Å². The molecule has 0 aromatic carbocycles. The van der Waals surface area contributed by atoms with Crippen molar-refractivity contribution in [1.29, 1.82) is 0 Å². The molecule has 0 radical (unpaired) electrons. The smallest absolute Gasteiger partial charge is 0.255 e. The number of nitrogens with zero attached hydrogens (tertiary/aromatic N) is 1. The van der Waals surface area contributed by atoms with Crippen LogP contribution in [0.25, 0.3) is 0 Å². The summed E-state index contributed by atoms with van der Waals surface area (Å²) in [7, 11) is 0. The zero-order valence-electron chi connectivity index (χ0n) is 5.96. The predicted octanol–water partition coefficient (Wildman–Crippen LogP) is -0.189. The van der Waals surface area contributed by atoms with Crippen molar-refractivity contribution in [2.75, 3.05) is 13.1 Å². The first-order valence-electron chi connectivity index (χ1n) is 3.41. The minimum Gasteiger partial charge on any atom is -0.335 e. The molecular weight excluding hydrogens is 154 g/mol. The highest BCUT2D eigenvalue weighted by atomic mass is 19.3. The number of alkyl halides is 2. The van der Waals surface area contributed by atoms with Crippen LogP contribution in [0.3, 0.4) is 0 Å². The van der Waals surface area contributed by atoms with Crippen LogP contribution in [0.5, 0.6) is 0 Å². The average Bonchev–Trinajstić information content (AvgIpc) is 2.09. The van der Waals surface area contributed by atoms with Gasteiger partial charge in [0.15, 0.2) is 0 Å². The molecule has 0 spiro atoms. The lowest BCUT2D eigenvalue weighted by Crippen LogP contribution is -2.32. The molecule has 1 fully saturated rings. The van der Waals surface area contributed by atoms with Crippen molar-refractivity contribution < 1.29 is 13.6 Å². The van der Waals surface area contributed by atoms with Crippen LogP contribution in [0.1, 0.15) is 6.42 Å². The van der Waals surface area contributed by atoms with Gasteiger partial charge in [-0.3, -0.25) is 4.79 Å². The Kier molecular flexibility index (Phi) is 2.38. The quantitative estimate of drug-likeness (QED) is 0.615. The number of nitrogens with two attached hydrogens (primary N) is 1. The average molecular weight is 164 g/mol.